The summed E-state index contributed by atoms with van der Waals surface area (Å²) in [6.07, 6.45) is 3.29. The zero-order valence-electron chi connectivity index (χ0n) is 16.0. The average molecular weight is 395 g/mol. The summed E-state index contributed by atoms with van der Waals surface area (Å²) in [7, 11) is 0. The van der Waals surface area contributed by atoms with Crippen molar-refractivity contribution in [2.24, 2.45) is 0 Å². The second-order valence-electron chi connectivity index (χ2n) is 7.78. The van der Waals surface area contributed by atoms with Crippen LogP contribution in [0.1, 0.15) is 31.0 Å². The van der Waals surface area contributed by atoms with Crippen LogP contribution >= 0.6 is 11.3 Å². The van der Waals surface area contributed by atoms with E-state index in [4.69, 9.17) is 15.1 Å². The Kier molecular flexibility index (Phi) is 5.01. The second-order valence-corrected chi connectivity index (χ2v) is 8.64. The lowest BCUT2D eigenvalue weighted by molar-refractivity contribution is 0.216. The van der Waals surface area contributed by atoms with Crippen molar-refractivity contribution < 1.29 is 5.11 Å². The minimum absolute atomic E-state index is 0.271. The molecule has 6 heteroatoms. The highest BCUT2D eigenvalue weighted by molar-refractivity contribution is 7.17. The van der Waals surface area contributed by atoms with E-state index in [2.05, 4.69) is 45.5 Å². The van der Waals surface area contributed by atoms with Crippen molar-refractivity contribution in [3.05, 3.63) is 41.5 Å². The third kappa shape index (κ3) is 3.52. The van der Waals surface area contributed by atoms with Gasteiger partial charge in [0.05, 0.1) is 5.39 Å². The van der Waals surface area contributed by atoms with Gasteiger partial charge in [-0.25, -0.2) is 9.97 Å². The van der Waals surface area contributed by atoms with E-state index in [1.54, 1.807) is 11.3 Å². The Balaban J connectivity index is 1.52. The highest BCUT2D eigenvalue weighted by Gasteiger charge is 2.30. The van der Waals surface area contributed by atoms with Crippen molar-refractivity contribution in [3.63, 3.8) is 0 Å². The van der Waals surface area contributed by atoms with Gasteiger partial charge in [-0.1, -0.05) is 30.3 Å². The fourth-order valence-corrected chi connectivity index (χ4v) is 4.95. The third-order valence-electron chi connectivity index (χ3n) is 5.76. The molecule has 0 radical (unpaired) electrons. The summed E-state index contributed by atoms with van der Waals surface area (Å²) in [5.74, 6) is 2.71. The van der Waals surface area contributed by atoms with Crippen molar-refractivity contribution in [1.29, 1.82) is 0 Å². The van der Waals surface area contributed by atoms with Gasteiger partial charge < -0.3 is 10.0 Å². The number of aliphatic hydroxyl groups is 1. The van der Waals surface area contributed by atoms with Gasteiger partial charge in [0, 0.05) is 56.2 Å². The van der Waals surface area contributed by atoms with Gasteiger partial charge >= 0.3 is 0 Å². The van der Waals surface area contributed by atoms with Gasteiger partial charge in [-0.3, -0.25) is 4.90 Å². The fourth-order valence-electron chi connectivity index (χ4n) is 4.00. The maximum atomic E-state index is 9.10. The molecule has 3 heterocycles. The first-order valence-corrected chi connectivity index (χ1v) is 11.1. The Labute approximate surface area is 169 Å². The summed E-state index contributed by atoms with van der Waals surface area (Å²) in [6.45, 7) is 5.25. The average Bonchev–Trinajstić information content (AvgIpc) is 3.52. The van der Waals surface area contributed by atoms with Crippen molar-refractivity contribution in [3.8, 4) is 11.1 Å². The lowest BCUT2D eigenvalue weighted by atomic mass is 10.1. The summed E-state index contributed by atoms with van der Waals surface area (Å²) in [5, 5.41) is 12.6. The van der Waals surface area contributed by atoms with E-state index in [-0.39, 0.29) is 6.61 Å². The van der Waals surface area contributed by atoms with Crippen LogP contribution in [0, 0.1) is 0 Å². The van der Waals surface area contributed by atoms with Gasteiger partial charge in [-0.05, 0) is 24.8 Å². The predicted octanol–water partition coefficient (Wildman–Crippen LogP) is 3.74. The van der Waals surface area contributed by atoms with Crippen LogP contribution in [0.25, 0.3) is 21.3 Å². The van der Waals surface area contributed by atoms with Crippen LogP contribution < -0.4 is 4.90 Å². The van der Waals surface area contributed by atoms with Crippen LogP contribution in [0.4, 0.5) is 5.82 Å². The van der Waals surface area contributed by atoms with Crippen LogP contribution in [0.2, 0.25) is 0 Å². The molecule has 28 heavy (non-hydrogen) atoms. The van der Waals surface area contributed by atoms with Gasteiger partial charge in [0.25, 0.3) is 0 Å². The van der Waals surface area contributed by atoms with Gasteiger partial charge in [-0.2, -0.15) is 0 Å². The molecular weight excluding hydrogens is 368 g/mol. The summed E-state index contributed by atoms with van der Waals surface area (Å²) in [4.78, 5) is 16.0. The first-order chi connectivity index (χ1) is 13.8. The molecule has 2 fully saturated rings. The summed E-state index contributed by atoms with van der Waals surface area (Å²) < 4.78 is 0. The summed E-state index contributed by atoms with van der Waals surface area (Å²) in [6, 6.07) is 10.6. The molecule has 3 aromatic rings. The fraction of sp³-hybridized carbons (Fsp3) is 0.455. The van der Waals surface area contributed by atoms with Gasteiger partial charge in [0.1, 0.15) is 16.5 Å². The van der Waals surface area contributed by atoms with Crippen LogP contribution in [0.15, 0.2) is 35.7 Å². The normalized spacial score (nSPS) is 18.1. The SMILES string of the molecule is OCCCN1CCN(c2nc(C3CC3)nc3scc(-c4ccccc4)c23)CC1. The Morgan fingerprint density at radius 3 is 2.54 bits per heavy atom. The number of fused-ring (bicyclic) bond motifs is 1. The molecule has 1 N–H and O–H groups in total. The summed E-state index contributed by atoms with van der Waals surface area (Å²) in [5.41, 5.74) is 2.49. The van der Waals surface area contributed by atoms with Gasteiger partial charge in [-0.15, -0.1) is 11.3 Å². The number of benzene rings is 1. The Morgan fingerprint density at radius 1 is 1.04 bits per heavy atom. The molecule has 0 amide bonds. The predicted molar refractivity (Wildman–Crippen MR) is 115 cm³/mol. The number of nitrogens with zero attached hydrogens (tertiary/aromatic N) is 4. The Morgan fingerprint density at radius 2 is 1.82 bits per heavy atom. The topological polar surface area (TPSA) is 52.5 Å². The molecule has 1 saturated carbocycles. The zero-order chi connectivity index (χ0) is 18.9. The molecule has 0 atom stereocenters. The van der Waals surface area contributed by atoms with Crippen LogP contribution in [-0.2, 0) is 0 Å². The number of thiophene rings is 1. The van der Waals surface area contributed by atoms with Crippen molar-refractivity contribution in [2.45, 2.75) is 25.2 Å². The maximum Gasteiger partial charge on any atom is 0.141 e. The van der Waals surface area contributed by atoms with Crippen molar-refractivity contribution in [1.82, 2.24) is 14.9 Å². The van der Waals surface area contributed by atoms with E-state index < -0.39 is 0 Å². The molecule has 0 bridgehead atoms. The number of rotatable bonds is 6. The van der Waals surface area contributed by atoms with E-state index >= 15 is 0 Å². The van der Waals surface area contributed by atoms with E-state index in [9.17, 15) is 0 Å². The first kappa shape index (κ1) is 18.0. The monoisotopic (exact) mass is 394 g/mol. The largest absolute Gasteiger partial charge is 0.396 e. The van der Waals surface area contributed by atoms with Crippen molar-refractivity contribution >= 4 is 27.4 Å². The Bertz CT molecular complexity index is 946. The first-order valence-electron chi connectivity index (χ1n) is 10.3. The molecule has 1 aromatic carbocycles. The van der Waals surface area contributed by atoms with E-state index in [0.717, 1.165) is 55.6 Å². The minimum atomic E-state index is 0.271. The molecule has 5 nitrogen and oxygen atoms in total. The van der Waals surface area contributed by atoms with E-state index in [1.165, 1.54) is 29.4 Å². The third-order valence-corrected chi connectivity index (χ3v) is 6.64. The molecular formula is C22H26N4OS. The van der Waals surface area contributed by atoms with Crippen molar-refractivity contribution in [2.75, 3.05) is 44.2 Å². The van der Waals surface area contributed by atoms with Gasteiger partial charge in [0.15, 0.2) is 0 Å². The number of piperazine rings is 1. The number of anilines is 1. The molecule has 146 valence electrons. The highest BCUT2D eigenvalue weighted by atomic mass is 32.1. The lowest BCUT2D eigenvalue weighted by Crippen LogP contribution is -2.47. The highest BCUT2D eigenvalue weighted by Crippen LogP contribution is 2.43. The van der Waals surface area contributed by atoms with E-state index in [1.807, 2.05) is 0 Å². The minimum Gasteiger partial charge on any atom is -0.396 e. The number of aromatic nitrogens is 2. The molecule has 1 aliphatic carbocycles. The molecule has 0 spiro atoms. The van der Waals surface area contributed by atoms with Crippen LogP contribution in [-0.4, -0.2) is 59.3 Å². The molecule has 1 aliphatic heterocycles. The second kappa shape index (κ2) is 7.78. The molecule has 5 rings (SSSR count). The molecule has 0 unspecified atom stereocenters. The zero-order valence-corrected chi connectivity index (χ0v) is 16.9. The lowest BCUT2D eigenvalue weighted by Gasteiger charge is -2.35. The number of hydrogen-bond acceptors (Lipinski definition) is 6. The molecule has 2 aromatic heterocycles. The molecule has 2 aliphatic rings. The molecule has 1 saturated heterocycles. The standard InChI is InChI=1S/C22H26N4OS/c27-14-4-9-25-10-12-26(13-11-25)21-19-18(16-5-2-1-3-6-16)15-28-22(19)24-20(23-21)17-7-8-17/h1-3,5-6,15,17,27H,4,7-14H2. The maximum absolute atomic E-state index is 9.10. The quantitative estimate of drug-likeness (QED) is 0.690. The number of hydrogen-bond donors (Lipinski definition) is 1. The van der Waals surface area contributed by atoms with Crippen LogP contribution in [0.3, 0.4) is 0 Å². The van der Waals surface area contributed by atoms with Gasteiger partial charge in [0.2, 0.25) is 0 Å². The summed E-state index contributed by atoms with van der Waals surface area (Å²) >= 11 is 1.74. The number of aliphatic hydroxyl groups excluding tert-OH is 1. The Hall–Kier alpha value is -2.02. The van der Waals surface area contributed by atoms with Crippen LogP contribution in [0.5, 0.6) is 0 Å². The van der Waals surface area contributed by atoms with E-state index in [0.29, 0.717) is 5.92 Å². The smallest absolute Gasteiger partial charge is 0.141 e.